The first-order chi connectivity index (χ1) is 17.8. The fourth-order valence-electron chi connectivity index (χ4n) is 6.56. The smallest absolute Gasteiger partial charge is 0.309 e. The van der Waals surface area contributed by atoms with Crippen LogP contribution in [0.25, 0.3) is 5.76 Å². The Morgan fingerprint density at radius 1 is 1.13 bits per heavy atom. The van der Waals surface area contributed by atoms with E-state index in [1.807, 2.05) is 0 Å². The molecule has 4 aliphatic rings. The molecule has 0 saturated heterocycles. The minimum atomic E-state index is -2.93. The number of ketones is 2. The van der Waals surface area contributed by atoms with E-state index in [4.69, 9.17) is 10.5 Å². The van der Waals surface area contributed by atoms with Gasteiger partial charge in [-0.25, -0.2) is 0 Å². The summed E-state index contributed by atoms with van der Waals surface area (Å²) in [7, 11) is 2.97. The zero-order valence-corrected chi connectivity index (χ0v) is 21.2. The Morgan fingerprint density at radius 2 is 1.79 bits per heavy atom. The number of benzene rings is 1. The minimum Gasteiger partial charge on any atom is -0.508 e. The van der Waals surface area contributed by atoms with Crippen molar-refractivity contribution in [3.05, 3.63) is 46.2 Å². The van der Waals surface area contributed by atoms with Crippen LogP contribution in [0.15, 0.2) is 35.1 Å². The first-order valence-electron chi connectivity index (χ1n) is 12.5. The van der Waals surface area contributed by atoms with Crippen molar-refractivity contribution < 1.29 is 44.3 Å². The van der Waals surface area contributed by atoms with E-state index in [0.717, 1.165) is 6.42 Å². The van der Waals surface area contributed by atoms with Crippen molar-refractivity contribution in [3.8, 4) is 5.75 Å². The maximum absolute atomic E-state index is 14.1. The molecular weight excluding hydrogens is 496 g/mol. The molecule has 6 atom stereocenters. The highest BCUT2D eigenvalue weighted by Gasteiger charge is 2.69. The van der Waals surface area contributed by atoms with Crippen LogP contribution in [-0.2, 0) is 23.9 Å². The number of likely N-dealkylation sites (N-methyl/N-ethyl adjacent to an activating group) is 1. The highest BCUT2D eigenvalue weighted by atomic mass is 16.5. The third kappa shape index (κ3) is 3.27. The maximum Gasteiger partial charge on any atom is 0.309 e. The van der Waals surface area contributed by atoms with Crippen LogP contribution >= 0.6 is 0 Å². The van der Waals surface area contributed by atoms with Crippen molar-refractivity contribution in [2.24, 2.45) is 23.5 Å². The molecule has 5 rings (SSSR count). The summed E-state index contributed by atoms with van der Waals surface area (Å²) in [5.74, 6) is -9.83. The second-order valence-corrected chi connectivity index (χ2v) is 10.8. The average molecular weight is 527 g/mol. The molecule has 0 aliphatic heterocycles. The SMILES string of the molecule is C[C@H]1c2cccc(O)c2C(O)=C2C(=O)[C@]3(O)C(O)=C(C(N)=O)C(=O)C(N(C)C)[C@@H]3[C@@H](OC(=O)C3CCC3)[C@@H]21. The monoisotopic (exact) mass is 526 g/mol. The number of aliphatic hydroxyl groups is 3. The van der Waals surface area contributed by atoms with E-state index in [9.17, 15) is 39.6 Å². The Kier molecular flexibility index (Phi) is 5.92. The number of aliphatic hydroxyl groups excluding tert-OH is 2. The molecule has 11 nitrogen and oxygen atoms in total. The van der Waals surface area contributed by atoms with Gasteiger partial charge < -0.3 is 30.9 Å². The average Bonchev–Trinajstić information content (AvgIpc) is 2.79. The number of aromatic hydroxyl groups is 1. The highest BCUT2D eigenvalue weighted by Crippen LogP contribution is 2.57. The number of phenolic OH excluding ortho intramolecular Hbond substituents is 1. The number of Topliss-reactive ketones (excluding diaryl/α,β-unsaturated/α-hetero) is 2. The first kappa shape index (κ1) is 25.9. The molecule has 0 bridgehead atoms. The standard InChI is InChI=1S/C27H30N2O9/c1-10-12-8-5-9-13(30)15(12)20(31)16-14(10)22(38-26(36)11-6-4-7-11)18-19(29(2)3)21(32)17(25(28)35)24(34)27(18,37)23(16)33/h5,8-11,14,18-19,22,30-31,34,37H,4,6-7H2,1-3H3,(H2,28,35)/t10-,14+,18+,19?,22-,27-/m0/s1. The van der Waals surface area contributed by atoms with Crippen molar-refractivity contribution in [2.45, 2.75) is 49.9 Å². The molecule has 4 aliphatic carbocycles. The number of hydrogen-bond acceptors (Lipinski definition) is 10. The van der Waals surface area contributed by atoms with Crippen LogP contribution in [0.4, 0.5) is 0 Å². The van der Waals surface area contributed by atoms with Crippen LogP contribution in [0.3, 0.4) is 0 Å². The molecule has 2 fully saturated rings. The number of carbonyl (C=O) groups excluding carboxylic acids is 4. The number of phenols is 1. The number of esters is 1. The highest BCUT2D eigenvalue weighted by molar-refractivity contribution is 6.24. The summed E-state index contributed by atoms with van der Waals surface area (Å²) in [5.41, 5.74) is 1.58. The largest absolute Gasteiger partial charge is 0.508 e. The molecular formula is C27H30N2O9. The molecule has 0 spiro atoms. The molecule has 1 aromatic carbocycles. The number of primary amides is 1. The van der Waals surface area contributed by atoms with Crippen LogP contribution in [-0.4, -0.2) is 80.6 Å². The molecule has 1 unspecified atom stereocenters. The van der Waals surface area contributed by atoms with E-state index in [1.54, 1.807) is 19.1 Å². The van der Waals surface area contributed by atoms with Gasteiger partial charge in [0, 0.05) is 11.5 Å². The van der Waals surface area contributed by atoms with Gasteiger partial charge in [0.1, 0.15) is 28.9 Å². The van der Waals surface area contributed by atoms with Gasteiger partial charge in [0.15, 0.2) is 11.4 Å². The molecule has 0 radical (unpaired) electrons. The normalized spacial score (nSPS) is 32.9. The maximum atomic E-state index is 14.1. The van der Waals surface area contributed by atoms with Crippen LogP contribution < -0.4 is 5.73 Å². The minimum absolute atomic E-state index is 0.0274. The van der Waals surface area contributed by atoms with E-state index >= 15 is 0 Å². The Morgan fingerprint density at radius 3 is 2.34 bits per heavy atom. The fraction of sp³-hybridized carbons (Fsp3) is 0.481. The Hall–Kier alpha value is -3.70. The van der Waals surface area contributed by atoms with Crippen LogP contribution in [0, 0.1) is 17.8 Å². The van der Waals surface area contributed by atoms with Gasteiger partial charge in [-0.15, -0.1) is 0 Å². The zero-order valence-electron chi connectivity index (χ0n) is 21.2. The number of carbonyl (C=O) groups is 4. The molecule has 0 heterocycles. The summed E-state index contributed by atoms with van der Waals surface area (Å²) >= 11 is 0. The molecule has 11 heteroatoms. The second kappa shape index (κ2) is 8.67. The lowest BCUT2D eigenvalue weighted by Crippen LogP contribution is -2.71. The molecule has 1 amide bonds. The topological polar surface area (TPSA) is 188 Å². The summed E-state index contributed by atoms with van der Waals surface area (Å²) in [6.07, 6.45) is 0.648. The number of rotatable bonds is 4. The number of hydrogen-bond donors (Lipinski definition) is 5. The predicted octanol–water partition coefficient (Wildman–Crippen LogP) is 0.847. The molecule has 2 saturated carbocycles. The van der Waals surface area contributed by atoms with Crippen LogP contribution in [0.1, 0.15) is 43.2 Å². The molecule has 1 aromatic rings. The van der Waals surface area contributed by atoms with Crippen LogP contribution in [0.2, 0.25) is 0 Å². The molecule has 6 N–H and O–H groups in total. The van der Waals surface area contributed by atoms with Gasteiger partial charge in [0.05, 0.1) is 23.4 Å². The summed E-state index contributed by atoms with van der Waals surface area (Å²) in [6, 6.07) is 3.16. The second-order valence-electron chi connectivity index (χ2n) is 10.8. The van der Waals surface area contributed by atoms with E-state index in [0.29, 0.717) is 18.4 Å². The lowest BCUT2D eigenvalue weighted by Gasteiger charge is -2.54. The summed E-state index contributed by atoms with van der Waals surface area (Å²) in [6.45, 7) is 1.72. The molecule has 202 valence electrons. The Bertz CT molecular complexity index is 1340. The van der Waals surface area contributed by atoms with Gasteiger partial charge in [-0.1, -0.05) is 25.5 Å². The predicted molar refractivity (Wildman–Crippen MR) is 132 cm³/mol. The van der Waals surface area contributed by atoms with Crippen molar-refractivity contribution in [1.29, 1.82) is 0 Å². The van der Waals surface area contributed by atoms with E-state index in [-0.39, 0.29) is 16.9 Å². The summed E-state index contributed by atoms with van der Waals surface area (Å²) in [4.78, 5) is 54.4. The quantitative estimate of drug-likeness (QED) is 0.278. The third-order valence-corrected chi connectivity index (χ3v) is 8.66. The Labute approximate surface area is 218 Å². The number of nitrogens with zero attached hydrogens (tertiary/aromatic N) is 1. The number of ether oxygens (including phenoxy) is 1. The van der Waals surface area contributed by atoms with Gasteiger partial charge in [0.2, 0.25) is 5.78 Å². The Balaban J connectivity index is 1.82. The van der Waals surface area contributed by atoms with E-state index in [2.05, 4.69) is 0 Å². The number of fused-ring (bicyclic) bond motifs is 3. The summed E-state index contributed by atoms with van der Waals surface area (Å²) < 4.78 is 6.00. The van der Waals surface area contributed by atoms with Crippen LogP contribution in [0.5, 0.6) is 5.75 Å². The van der Waals surface area contributed by atoms with Gasteiger partial charge in [-0.05, 0) is 44.5 Å². The lowest BCUT2D eigenvalue weighted by atomic mass is 9.54. The van der Waals surface area contributed by atoms with E-state index < -0.39 is 82.0 Å². The van der Waals surface area contributed by atoms with Crippen molar-refractivity contribution in [2.75, 3.05) is 14.1 Å². The molecule has 0 aromatic heterocycles. The van der Waals surface area contributed by atoms with Gasteiger partial charge >= 0.3 is 5.97 Å². The van der Waals surface area contributed by atoms with Crippen molar-refractivity contribution in [1.82, 2.24) is 4.90 Å². The lowest BCUT2D eigenvalue weighted by molar-refractivity contribution is -0.189. The van der Waals surface area contributed by atoms with Gasteiger partial charge in [-0.3, -0.25) is 24.1 Å². The number of nitrogens with two attached hydrogens (primary N) is 1. The number of amides is 1. The summed E-state index contributed by atoms with van der Waals surface area (Å²) in [5, 5.41) is 45.0. The van der Waals surface area contributed by atoms with Gasteiger partial charge in [0.25, 0.3) is 5.91 Å². The van der Waals surface area contributed by atoms with Gasteiger partial charge in [-0.2, -0.15) is 0 Å². The van der Waals surface area contributed by atoms with Crippen molar-refractivity contribution >= 4 is 29.2 Å². The third-order valence-electron chi connectivity index (χ3n) is 8.66. The fourth-order valence-corrected chi connectivity index (χ4v) is 6.56. The zero-order chi connectivity index (χ0) is 27.8. The van der Waals surface area contributed by atoms with Crippen molar-refractivity contribution in [3.63, 3.8) is 0 Å². The molecule has 38 heavy (non-hydrogen) atoms. The first-order valence-corrected chi connectivity index (χ1v) is 12.5. The van der Waals surface area contributed by atoms with E-state index in [1.165, 1.54) is 25.1 Å².